The highest BCUT2D eigenvalue weighted by molar-refractivity contribution is 5.33. The minimum atomic E-state index is 0.170. The van der Waals surface area contributed by atoms with Crippen LogP contribution < -0.4 is 10.1 Å². The normalized spacial score (nSPS) is 24.6. The van der Waals surface area contributed by atoms with Crippen LogP contribution in [0.25, 0.3) is 0 Å². The molecule has 0 spiro atoms. The Morgan fingerprint density at radius 2 is 2.24 bits per heavy atom. The molecular weight excluding hydrogens is 214 g/mol. The molecule has 1 aromatic rings. The Hall–Kier alpha value is -1.06. The first-order valence-corrected chi connectivity index (χ1v) is 6.38. The number of para-hydroxylation sites is 1. The van der Waals surface area contributed by atoms with Gasteiger partial charge < -0.3 is 15.2 Å². The topological polar surface area (TPSA) is 41.5 Å². The van der Waals surface area contributed by atoms with Gasteiger partial charge in [0.25, 0.3) is 0 Å². The van der Waals surface area contributed by atoms with Crippen LogP contribution in [0.4, 0.5) is 0 Å². The van der Waals surface area contributed by atoms with E-state index in [4.69, 9.17) is 9.84 Å². The molecule has 0 aliphatic carbocycles. The number of ether oxygens (including phenoxy) is 1. The van der Waals surface area contributed by atoms with E-state index in [1.807, 2.05) is 24.3 Å². The molecule has 2 rings (SSSR count). The van der Waals surface area contributed by atoms with Crippen LogP contribution in [-0.2, 0) is 6.42 Å². The summed E-state index contributed by atoms with van der Waals surface area (Å²) in [6.45, 7) is 3.38. The molecule has 1 aromatic carbocycles. The Balaban J connectivity index is 2.01. The van der Waals surface area contributed by atoms with Gasteiger partial charge in [-0.15, -0.1) is 0 Å². The third kappa shape index (κ3) is 3.45. The Kier molecular flexibility index (Phi) is 4.40. The molecule has 2 unspecified atom stereocenters. The largest absolute Gasteiger partial charge is 0.490 e. The van der Waals surface area contributed by atoms with Crippen LogP contribution in [0.15, 0.2) is 24.3 Å². The maximum atomic E-state index is 9.03. The maximum Gasteiger partial charge on any atom is 0.122 e. The van der Waals surface area contributed by atoms with Crippen molar-refractivity contribution in [2.24, 2.45) is 0 Å². The van der Waals surface area contributed by atoms with Crippen molar-refractivity contribution in [2.45, 2.75) is 38.3 Å². The van der Waals surface area contributed by atoms with E-state index in [0.717, 1.165) is 30.7 Å². The molecule has 1 heterocycles. The van der Waals surface area contributed by atoms with Crippen LogP contribution in [0, 0.1) is 0 Å². The zero-order valence-electron chi connectivity index (χ0n) is 10.4. The van der Waals surface area contributed by atoms with Crippen molar-refractivity contribution in [3.05, 3.63) is 29.8 Å². The van der Waals surface area contributed by atoms with Crippen molar-refractivity contribution >= 4 is 0 Å². The molecule has 1 fully saturated rings. The third-order valence-electron chi connectivity index (χ3n) is 3.22. The van der Waals surface area contributed by atoms with Gasteiger partial charge in [0.05, 0.1) is 0 Å². The van der Waals surface area contributed by atoms with Crippen LogP contribution in [0.5, 0.6) is 5.75 Å². The summed E-state index contributed by atoms with van der Waals surface area (Å²) < 4.78 is 6.06. The third-order valence-corrected chi connectivity index (χ3v) is 3.22. The average molecular weight is 235 g/mol. The first kappa shape index (κ1) is 12.4. The zero-order chi connectivity index (χ0) is 12.1. The number of hydrogen-bond acceptors (Lipinski definition) is 3. The van der Waals surface area contributed by atoms with Crippen molar-refractivity contribution in [3.8, 4) is 5.75 Å². The second kappa shape index (κ2) is 6.03. The van der Waals surface area contributed by atoms with Crippen molar-refractivity contribution in [1.29, 1.82) is 0 Å². The van der Waals surface area contributed by atoms with Crippen LogP contribution in [-0.4, -0.2) is 30.4 Å². The van der Waals surface area contributed by atoms with Gasteiger partial charge in [-0.3, -0.25) is 0 Å². The summed E-state index contributed by atoms with van der Waals surface area (Å²) in [5, 5.41) is 12.4. The quantitative estimate of drug-likeness (QED) is 0.835. The molecule has 17 heavy (non-hydrogen) atoms. The lowest BCUT2D eigenvalue weighted by Crippen LogP contribution is -2.40. The molecule has 1 saturated heterocycles. The van der Waals surface area contributed by atoms with E-state index < -0.39 is 0 Å². The number of benzene rings is 1. The van der Waals surface area contributed by atoms with Crippen molar-refractivity contribution < 1.29 is 9.84 Å². The van der Waals surface area contributed by atoms with Crippen LogP contribution in [0.3, 0.4) is 0 Å². The smallest absolute Gasteiger partial charge is 0.122 e. The molecule has 94 valence electrons. The first-order chi connectivity index (χ1) is 8.29. The fraction of sp³-hybridized carbons (Fsp3) is 0.571. The Morgan fingerprint density at radius 1 is 1.41 bits per heavy atom. The van der Waals surface area contributed by atoms with E-state index >= 15 is 0 Å². The standard InChI is InChI=1S/C14H21NO2/c1-11-10-13(6-8-15-11)17-14-5-3-2-4-12(14)7-9-16/h2-5,11,13,15-16H,6-10H2,1H3. The van der Waals surface area contributed by atoms with E-state index in [1.165, 1.54) is 0 Å². The van der Waals surface area contributed by atoms with Gasteiger partial charge in [0.2, 0.25) is 0 Å². The van der Waals surface area contributed by atoms with E-state index in [0.29, 0.717) is 18.6 Å². The second-order valence-corrected chi connectivity index (χ2v) is 4.70. The molecule has 3 heteroatoms. The number of aliphatic hydroxyl groups excluding tert-OH is 1. The van der Waals surface area contributed by atoms with E-state index in [-0.39, 0.29) is 6.61 Å². The number of piperidine rings is 1. The molecule has 3 nitrogen and oxygen atoms in total. The summed E-state index contributed by atoms with van der Waals surface area (Å²) >= 11 is 0. The Morgan fingerprint density at radius 3 is 3.00 bits per heavy atom. The Bertz CT molecular complexity index is 354. The predicted octanol–water partition coefficient (Wildman–Crippen LogP) is 1.74. The summed E-state index contributed by atoms with van der Waals surface area (Å²) in [5.41, 5.74) is 1.10. The molecule has 0 radical (unpaired) electrons. The highest BCUT2D eigenvalue weighted by Gasteiger charge is 2.20. The molecule has 1 aliphatic rings. The summed E-state index contributed by atoms with van der Waals surface area (Å²) in [5.74, 6) is 0.931. The van der Waals surface area contributed by atoms with Gasteiger partial charge in [0.1, 0.15) is 11.9 Å². The fourth-order valence-electron chi connectivity index (χ4n) is 2.32. The average Bonchev–Trinajstić information content (AvgIpc) is 2.32. The second-order valence-electron chi connectivity index (χ2n) is 4.70. The Labute approximate surface area is 103 Å². The SMILES string of the molecule is CC1CC(Oc2ccccc2CCO)CCN1. The summed E-state index contributed by atoms with van der Waals surface area (Å²) in [4.78, 5) is 0. The predicted molar refractivity (Wildman–Crippen MR) is 68.3 cm³/mol. The molecular formula is C14H21NO2. The van der Waals surface area contributed by atoms with Gasteiger partial charge in [-0.1, -0.05) is 18.2 Å². The lowest BCUT2D eigenvalue weighted by atomic mass is 10.0. The van der Waals surface area contributed by atoms with E-state index in [2.05, 4.69) is 12.2 Å². The van der Waals surface area contributed by atoms with E-state index in [9.17, 15) is 0 Å². The van der Waals surface area contributed by atoms with Gasteiger partial charge in [0.15, 0.2) is 0 Å². The summed E-state index contributed by atoms with van der Waals surface area (Å²) in [6.07, 6.45) is 3.06. The first-order valence-electron chi connectivity index (χ1n) is 6.38. The number of nitrogens with one attached hydrogen (secondary N) is 1. The summed E-state index contributed by atoms with van der Waals surface area (Å²) in [7, 11) is 0. The number of aliphatic hydroxyl groups is 1. The lowest BCUT2D eigenvalue weighted by Gasteiger charge is -2.29. The van der Waals surface area contributed by atoms with Crippen LogP contribution in [0.2, 0.25) is 0 Å². The number of hydrogen-bond donors (Lipinski definition) is 2. The molecule has 0 bridgehead atoms. The van der Waals surface area contributed by atoms with Gasteiger partial charge in [-0.25, -0.2) is 0 Å². The van der Waals surface area contributed by atoms with Crippen molar-refractivity contribution in [1.82, 2.24) is 5.32 Å². The minimum Gasteiger partial charge on any atom is -0.490 e. The van der Waals surface area contributed by atoms with Crippen molar-refractivity contribution in [2.75, 3.05) is 13.2 Å². The summed E-state index contributed by atoms with van der Waals surface area (Å²) in [6, 6.07) is 8.52. The highest BCUT2D eigenvalue weighted by atomic mass is 16.5. The van der Waals surface area contributed by atoms with Gasteiger partial charge >= 0.3 is 0 Å². The van der Waals surface area contributed by atoms with Crippen LogP contribution >= 0.6 is 0 Å². The van der Waals surface area contributed by atoms with Crippen molar-refractivity contribution in [3.63, 3.8) is 0 Å². The molecule has 2 atom stereocenters. The molecule has 0 amide bonds. The van der Waals surface area contributed by atoms with Crippen LogP contribution in [0.1, 0.15) is 25.3 Å². The van der Waals surface area contributed by atoms with E-state index in [1.54, 1.807) is 0 Å². The maximum absolute atomic E-state index is 9.03. The molecule has 0 aromatic heterocycles. The van der Waals surface area contributed by atoms with Gasteiger partial charge in [0, 0.05) is 12.6 Å². The highest BCUT2D eigenvalue weighted by Crippen LogP contribution is 2.23. The lowest BCUT2D eigenvalue weighted by molar-refractivity contribution is 0.142. The monoisotopic (exact) mass is 235 g/mol. The molecule has 2 N–H and O–H groups in total. The molecule has 0 saturated carbocycles. The van der Waals surface area contributed by atoms with Gasteiger partial charge in [-0.05, 0) is 44.4 Å². The number of rotatable bonds is 4. The minimum absolute atomic E-state index is 0.170. The fourth-order valence-corrected chi connectivity index (χ4v) is 2.32. The molecule has 1 aliphatic heterocycles. The zero-order valence-corrected chi connectivity index (χ0v) is 10.4. The van der Waals surface area contributed by atoms with Gasteiger partial charge in [-0.2, -0.15) is 0 Å².